The van der Waals surface area contributed by atoms with Crippen molar-refractivity contribution in [2.24, 2.45) is 21.5 Å². The number of anilines is 1. The van der Waals surface area contributed by atoms with E-state index >= 15 is 0 Å². The molecule has 0 heterocycles. The van der Waals surface area contributed by atoms with Crippen LogP contribution in [0.25, 0.3) is 0 Å². The molecule has 200 valence electrons. The lowest BCUT2D eigenvalue weighted by molar-refractivity contribution is 0.230. The third-order valence-electron chi connectivity index (χ3n) is 5.90. The first-order valence-electron chi connectivity index (χ1n) is 12.5. The van der Waals surface area contributed by atoms with Gasteiger partial charge in [-0.3, -0.25) is 4.99 Å². The molecule has 4 rings (SSSR count). The van der Waals surface area contributed by atoms with Crippen molar-refractivity contribution in [3.8, 4) is 17.2 Å². The summed E-state index contributed by atoms with van der Waals surface area (Å²) in [6.07, 6.45) is 0. The predicted molar refractivity (Wildman–Crippen MR) is 156 cm³/mol. The van der Waals surface area contributed by atoms with Gasteiger partial charge in [-0.2, -0.15) is 4.99 Å². The lowest BCUT2D eigenvalue weighted by Gasteiger charge is -2.23. The van der Waals surface area contributed by atoms with E-state index in [4.69, 9.17) is 25.7 Å². The van der Waals surface area contributed by atoms with Gasteiger partial charge in [-0.05, 0) is 16.7 Å². The number of hydrogen-bond donors (Lipinski definition) is 2. The highest BCUT2D eigenvalue weighted by Crippen LogP contribution is 2.42. The number of rotatable bonds is 10. The highest BCUT2D eigenvalue weighted by molar-refractivity contribution is 6.02. The van der Waals surface area contributed by atoms with E-state index in [0.717, 1.165) is 16.7 Å². The van der Waals surface area contributed by atoms with Gasteiger partial charge in [0.25, 0.3) is 0 Å². The van der Waals surface area contributed by atoms with Crippen LogP contribution in [-0.4, -0.2) is 26.0 Å². The molecule has 0 bridgehead atoms. The molecule has 0 radical (unpaired) electrons. The first-order valence-corrected chi connectivity index (χ1v) is 12.5. The normalized spacial score (nSPS) is 11.6. The number of nitrogens with two attached hydrogens (primary N) is 2. The molecule has 0 spiro atoms. The summed E-state index contributed by atoms with van der Waals surface area (Å²) in [7, 11) is 3.33. The SMILES string of the molecule is CN=C(N)/N=C(\N)N(C)c1cc(OCc2ccccc2)c(OCc2ccccc2)c(OCc2ccccc2)c1. The van der Waals surface area contributed by atoms with E-state index in [1.54, 1.807) is 19.0 Å². The second-order valence-electron chi connectivity index (χ2n) is 8.70. The maximum atomic E-state index is 6.34. The van der Waals surface area contributed by atoms with E-state index in [-0.39, 0.29) is 11.9 Å². The fourth-order valence-electron chi connectivity index (χ4n) is 3.69. The van der Waals surface area contributed by atoms with E-state index in [0.29, 0.717) is 42.8 Å². The Balaban J connectivity index is 1.73. The molecule has 0 aliphatic carbocycles. The van der Waals surface area contributed by atoms with Gasteiger partial charge in [0.15, 0.2) is 11.5 Å². The van der Waals surface area contributed by atoms with Gasteiger partial charge in [0.1, 0.15) is 19.8 Å². The quantitative estimate of drug-likeness (QED) is 0.221. The second-order valence-corrected chi connectivity index (χ2v) is 8.70. The van der Waals surface area contributed by atoms with Gasteiger partial charge in [-0.1, -0.05) is 91.0 Å². The van der Waals surface area contributed by atoms with E-state index in [1.165, 1.54) is 0 Å². The Morgan fingerprint density at radius 1 is 0.667 bits per heavy atom. The maximum absolute atomic E-state index is 6.34. The molecular weight excluding hydrogens is 490 g/mol. The van der Waals surface area contributed by atoms with Gasteiger partial charge in [0.2, 0.25) is 17.7 Å². The highest BCUT2D eigenvalue weighted by atomic mass is 16.5. The van der Waals surface area contributed by atoms with Crippen molar-refractivity contribution < 1.29 is 14.2 Å². The van der Waals surface area contributed by atoms with Gasteiger partial charge in [0.05, 0.1) is 5.69 Å². The molecule has 8 nitrogen and oxygen atoms in total. The summed E-state index contributed by atoms with van der Waals surface area (Å²) in [5, 5.41) is 0. The Morgan fingerprint density at radius 2 is 1.08 bits per heavy atom. The molecule has 8 heteroatoms. The lowest BCUT2D eigenvalue weighted by atomic mass is 10.2. The topological polar surface area (TPSA) is 108 Å². The molecule has 0 aliphatic heterocycles. The molecule has 0 aliphatic rings. The number of hydrogen-bond acceptors (Lipinski definition) is 4. The van der Waals surface area contributed by atoms with Crippen molar-refractivity contribution in [3.63, 3.8) is 0 Å². The van der Waals surface area contributed by atoms with Crippen LogP contribution in [0.3, 0.4) is 0 Å². The van der Waals surface area contributed by atoms with Crippen LogP contribution in [0.5, 0.6) is 17.2 Å². The Labute approximate surface area is 229 Å². The summed E-state index contributed by atoms with van der Waals surface area (Å²) in [5.41, 5.74) is 15.7. The Morgan fingerprint density at radius 3 is 1.49 bits per heavy atom. The van der Waals surface area contributed by atoms with E-state index in [2.05, 4.69) is 9.98 Å². The zero-order chi connectivity index (χ0) is 27.5. The summed E-state index contributed by atoms with van der Waals surface area (Å²) < 4.78 is 19.0. The number of nitrogens with zero attached hydrogens (tertiary/aromatic N) is 3. The van der Waals surface area contributed by atoms with Crippen LogP contribution in [0.1, 0.15) is 16.7 Å². The van der Waals surface area contributed by atoms with Gasteiger partial charge in [0, 0.05) is 26.2 Å². The first kappa shape index (κ1) is 27.1. The Kier molecular flexibility index (Phi) is 9.39. The van der Waals surface area contributed by atoms with Crippen molar-refractivity contribution >= 4 is 17.6 Å². The van der Waals surface area contributed by atoms with Gasteiger partial charge < -0.3 is 30.6 Å². The molecule has 39 heavy (non-hydrogen) atoms. The van der Waals surface area contributed by atoms with Crippen LogP contribution in [0.15, 0.2) is 113 Å². The molecule has 0 saturated heterocycles. The van der Waals surface area contributed by atoms with Crippen molar-refractivity contribution in [1.29, 1.82) is 0 Å². The van der Waals surface area contributed by atoms with Crippen LogP contribution in [-0.2, 0) is 19.8 Å². The maximum Gasteiger partial charge on any atom is 0.218 e. The van der Waals surface area contributed by atoms with Crippen molar-refractivity contribution in [2.75, 3.05) is 19.0 Å². The second kappa shape index (κ2) is 13.5. The summed E-state index contributed by atoms with van der Waals surface area (Å²) in [6, 6.07) is 33.5. The third-order valence-corrected chi connectivity index (χ3v) is 5.90. The molecule has 0 atom stereocenters. The van der Waals surface area contributed by atoms with E-state index < -0.39 is 0 Å². The molecule has 0 fully saturated rings. The van der Waals surface area contributed by atoms with Crippen molar-refractivity contribution in [1.82, 2.24) is 0 Å². The Hall–Kier alpha value is -4.98. The largest absolute Gasteiger partial charge is 0.485 e. The van der Waals surface area contributed by atoms with Gasteiger partial charge in [-0.15, -0.1) is 0 Å². The van der Waals surface area contributed by atoms with E-state index in [1.807, 2.05) is 103 Å². The molecule has 0 aromatic heterocycles. The van der Waals surface area contributed by atoms with E-state index in [9.17, 15) is 0 Å². The molecule has 0 unspecified atom stereocenters. The number of aliphatic imine (C=N–C) groups is 2. The zero-order valence-corrected chi connectivity index (χ0v) is 22.2. The Bertz CT molecular complexity index is 1330. The number of ether oxygens (including phenoxy) is 3. The molecule has 4 N–H and O–H groups in total. The van der Waals surface area contributed by atoms with Gasteiger partial charge in [-0.25, -0.2) is 0 Å². The minimum absolute atomic E-state index is 0.0725. The van der Waals surface area contributed by atoms with Crippen LogP contribution in [0.4, 0.5) is 5.69 Å². The summed E-state index contributed by atoms with van der Waals surface area (Å²) in [5.74, 6) is 1.75. The molecule has 4 aromatic carbocycles. The highest BCUT2D eigenvalue weighted by Gasteiger charge is 2.19. The lowest BCUT2D eigenvalue weighted by Crippen LogP contribution is -2.35. The molecule has 0 saturated carbocycles. The van der Waals surface area contributed by atoms with Crippen LogP contribution in [0.2, 0.25) is 0 Å². The molecule has 4 aromatic rings. The summed E-state index contributed by atoms with van der Waals surface area (Å²) >= 11 is 0. The van der Waals surface area contributed by atoms with Crippen LogP contribution >= 0.6 is 0 Å². The minimum Gasteiger partial charge on any atom is -0.485 e. The first-order chi connectivity index (χ1) is 19.0. The molecular formula is C31H33N5O3. The zero-order valence-electron chi connectivity index (χ0n) is 22.2. The number of benzene rings is 4. The average Bonchev–Trinajstić information content (AvgIpc) is 2.99. The monoisotopic (exact) mass is 523 g/mol. The summed E-state index contributed by atoms with van der Waals surface area (Å²) in [4.78, 5) is 9.70. The standard InChI is InChI=1S/C31H33N5O3/c1-34-30(32)35-31(33)36(2)26-18-27(37-20-23-12-6-3-7-13-23)29(39-22-25-16-10-5-11-17-25)28(19-26)38-21-24-14-8-4-9-15-24/h3-19H,20-22H2,1-2H3,(H4,32,33,34,35). The van der Waals surface area contributed by atoms with Crippen molar-refractivity contribution in [2.45, 2.75) is 19.8 Å². The average molecular weight is 524 g/mol. The minimum atomic E-state index is 0.0725. The molecule has 0 amide bonds. The fraction of sp³-hybridized carbons (Fsp3) is 0.161. The fourth-order valence-corrected chi connectivity index (χ4v) is 3.69. The predicted octanol–water partition coefficient (Wildman–Crippen LogP) is 5.12. The number of guanidine groups is 2. The van der Waals surface area contributed by atoms with Gasteiger partial charge >= 0.3 is 0 Å². The van der Waals surface area contributed by atoms with Crippen molar-refractivity contribution in [3.05, 3.63) is 120 Å². The smallest absolute Gasteiger partial charge is 0.218 e. The summed E-state index contributed by atoms with van der Waals surface area (Å²) in [6.45, 7) is 1.02. The van der Waals surface area contributed by atoms with Crippen LogP contribution in [0, 0.1) is 0 Å². The van der Waals surface area contributed by atoms with Crippen LogP contribution < -0.4 is 30.6 Å². The third kappa shape index (κ3) is 7.75.